The zero-order chi connectivity index (χ0) is 36.7. The van der Waals surface area contributed by atoms with Gasteiger partial charge in [0.2, 0.25) is 0 Å². The highest BCUT2D eigenvalue weighted by molar-refractivity contribution is 5.95. The Labute approximate surface area is 299 Å². The van der Waals surface area contributed by atoms with Crippen molar-refractivity contribution >= 4 is 47.6 Å². The molecule has 5 N–H and O–H groups in total. The monoisotopic (exact) mass is 692 g/mol. The quantitative estimate of drug-likeness (QED) is 0.154. The number of aliphatic hydroxyl groups excluding tert-OH is 1. The van der Waals surface area contributed by atoms with E-state index < -0.39 is 11.9 Å². The molecule has 8 bridgehead atoms. The number of carbonyl (C=O) groups excluding carboxylic acids is 2. The molecule has 3 aromatic rings. The molecular formula is C42H52N4O5. The van der Waals surface area contributed by atoms with Crippen LogP contribution in [0.2, 0.25) is 0 Å². The van der Waals surface area contributed by atoms with E-state index in [0.717, 1.165) is 75.0 Å². The average molecular weight is 693 g/mol. The summed E-state index contributed by atoms with van der Waals surface area (Å²) in [4.78, 5) is 37.5. The standard InChI is InChI=1S/C42H52N4O5/c1-10-13-21(4)16-17-51-35(47)15-14-28-24(7)31-18-29-22(5)26(11-2)33(43-29)19-30-23(6)27(12-3)34(44-30)20-32-25(8)36-40(46-32)37(39(28)45-31)38(41(36)48)42(49)50-9/h11,16,18-20,24,28,38-39,43-46,48H,2,10,12-15,17H2,1,3-9H3/b21-16+,30-19-,31-18+,34-20-/t24-,28-,38+,39?/m0/s1. The molecule has 5 heterocycles. The van der Waals surface area contributed by atoms with Gasteiger partial charge in [0.25, 0.3) is 0 Å². The zero-order valence-corrected chi connectivity index (χ0v) is 31.2. The van der Waals surface area contributed by atoms with E-state index in [0.29, 0.717) is 17.0 Å². The number of fused-ring (bicyclic) bond motifs is 8. The van der Waals surface area contributed by atoms with Gasteiger partial charge >= 0.3 is 11.9 Å². The summed E-state index contributed by atoms with van der Waals surface area (Å²) < 4.78 is 10.9. The minimum atomic E-state index is -0.987. The van der Waals surface area contributed by atoms with Crippen LogP contribution in [0.3, 0.4) is 0 Å². The first-order chi connectivity index (χ1) is 24.4. The summed E-state index contributed by atoms with van der Waals surface area (Å²) in [6, 6.07) is -0.386. The molecule has 3 aromatic heterocycles. The molecular weight excluding hydrogens is 640 g/mol. The van der Waals surface area contributed by atoms with Gasteiger partial charge in [-0.25, -0.2) is 0 Å². The van der Waals surface area contributed by atoms with E-state index in [1.54, 1.807) is 0 Å². The van der Waals surface area contributed by atoms with Gasteiger partial charge < -0.3 is 34.8 Å². The SMILES string of the molecule is C=Cc1c2[nH]c(c1C)/C=C1/NC(C3=c4[nH]c(c(C)c4=C(O)[C@@H]3C(=O)OC)/C=c3\[nH]/c(c(C)c3CC)=C\2)[C@@H](CCC(=O)OC/C=C(\C)CCC)[C@@H]1C. The largest absolute Gasteiger partial charge is 0.510 e. The van der Waals surface area contributed by atoms with Gasteiger partial charge in [0.05, 0.1) is 18.5 Å². The second kappa shape index (κ2) is 14.4. The third kappa shape index (κ3) is 6.32. The van der Waals surface area contributed by atoms with Crippen molar-refractivity contribution in [1.82, 2.24) is 20.3 Å². The molecule has 51 heavy (non-hydrogen) atoms. The number of nitrogens with one attached hydrogen (secondary N) is 4. The lowest BCUT2D eigenvalue weighted by atomic mass is 9.80. The molecule has 1 unspecified atom stereocenters. The Morgan fingerprint density at radius 3 is 2.37 bits per heavy atom. The average Bonchev–Trinajstić information content (AvgIpc) is 3.84. The van der Waals surface area contributed by atoms with E-state index in [9.17, 15) is 14.7 Å². The Morgan fingerprint density at radius 1 is 0.961 bits per heavy atom. The predicted molar refractivity (Wildman–Crippen MR) is 203 cm³/mol. The van der Waals surface area contributed by atoms with Crippen LogP contribution in [-0.2, 0) is 25.5 Å². The fourth-order valence-electron chi connectivity index (χ4n) is 8.41. The van der Waals surface area contributed by atoms with Gasteiger partial charge in [0.1, 0.15) is 18.3 Å². The number of aliphatic hydroxyl groups is 1. The van der Waals surface area contributed by atoms with Gasteiger partial charge in [0, 0.05) is 56.6 Å². The summed E-state index contributed by atoms with van der Waals surface area (Å²) in [5.74, 6) is -1.92. The van der Waals surface area contributed by atoms with Gasteiger partial charge in [-0.2, -0.15) is 0 Å². The lowest BCUT2D eigenvalue weighted by Crippen LogP contribution is -2.38. The summed E-state index contributed by atoms with van der Waals surface area (Å²) in [6.45, 7) is 19.1. The van der Waals surface area contributed by atoms with Crippen molar-refractivity contribution in [1.29, 1.82) is 0 Å². The predicted octanol–water partition coefficient (Wildman–Crippen LogP) is 4.73. The Balaban J connectivity index is 1.56. The number of esters is 2. The number of carbonyl (C=O) groups is 2. The molecule has 4 atom stereocenters. The van der Waals surface area contributed by atoms with Gasteiger partial charge in [-0.15, -0.1) is 0 Å². The molecule has 1 aliphatic carbocycles. The Morgan fingerprint density at radius 2 is 1.69 bits per heavy atom. The van der Waals surface area contributed by atoms with Crippen LogP contribution in [0.25, 0.3) is 35.6 Å². The van der Waals surface area contributed by atoms with Crippen molar-refractivity contribution in [3.63, 3.8) is 0 Å². The number of methoxy groups -OCH3 is 1. The highest BCUT2D eigenvalue weighted by Gasteiger charge is 2.47. The number of aromatic nitrogens is 3. The Bertz CT molecular complexity index is 2220. The molecule has 1 fully saturated rings. The maximum atomic E-state index is 13.5. The number of allylic oxidation sites excluding steroid dienone is 2. The number of H-pyrrole nitrogens is 3. The number of hydrogen-bond acceptors (Lipinski definition) is 6. The summed E-state index contributed by atoms with van der Waals surface area (Å²) in [6.07, 6.45) is 13.8. The van der Waals surface area contributed by atoms with Gasteiger partial charge in [-0.1, -0.05) is 45.4 Å². The van der Waals surface area contributed by atoms with Crippen LogP contribution in [0.5, 0.6) is 0 Å². The number of aromatic amines is 3. The van der Waals surface area contributed by atoms with Crippen LogP contribution < -0.4 is 26.6 Å². The first kappa shape index (κ1) is 35.9. The molecule has 0 radical (unpaired) electrons. The van der Waals surface area contributed by atoms with Crippen LogP contribution >= 0.6 is 0 Å². The van der Waals surface area contributed by atoms with Crippen molar-refractivity contribution in [2.45, 2.75) is 86.6 Å². The molecule has 270 valence electrons. The van der Waals surface area contributed by atoms with E-state index in [1.165, 1.54) is 23.8 Å². The summed E-state index contributed by atoms with van der Waals surface area (Å²) in [5.41, 5.74) is 11.0. The van der Waals surface area contributed by atoms with E-state index >= 15 is 0 Å². The molecule has 3 aliphatic rings. The van der Waals surface area contributed by atoms with Crippen molar-refractivity contribution in [2.75, 3.05) is 13.7 Å². The van der Waals surface area contributed by atoms with Crippen LogP contribution in [0.1, 0.15) is 98.3 Å². The number of rotatable bonds is 10. The van der Waals surface area contributed by atoms with Crippen LogP contribution in [-0.4, -0.2) is 51.8 Å². The van der Waals surface area contributed by atoms with E-state index in [-0.39, 0.29) is 42.6 Å². The maximum absolute atomic E-state index is 13.5. The molecule has 0 amide bonds. The zero-order valence-electron chi connectivity index (χ0n) is 31.2. The Hall–Kier alpha value is -4.92. The van der Waals surface area contributed by atoms with Crippen LogP contribution in [0.15, 0.2) is 23.9 Å². The lowest BCUT2D eigenvalue weighted by molar-refractivity contribution is -0.143. The molecule has 0 aromatic carbocycles. The normalized spacial score (nSPS) is 23.1. The molecule has 9 nitrogen and oxygen atoms in total. The third-order valence-corrected chi connectivity index (χ3v) is 11.3. The second-order valence-electron chi connectivity index (χ2n) is 14.3. The highest BCUT2D eigenvalue weighted by Crippen LogP contribution is 2.42. The molecule has 6 rings (SSSR count). The fourth-order valence-corrected chi connectivity index (χ4v) is 8.41. The second-order valence-corrected chi connectivity index (χ2v) is 14.3. The first-order valence-electron chi connectivity index (χ1n) is 18.2. The van der Waals surface area contributed by atoms with Crippen LogP contribution in [0.4, 0.5) is 0 Å². The maximum Gasteiger partial charge on any atom is 0.320 e. The minimum absolute atomic E-state index is 0.0199. The molecule has 1 saturated heterocycles. The van der Waals surface area contributed by atoms with Crippen LogP contribution in [0, 0.1) is 38.5 Å². The topological polar surface area (TPSA) is 132 Å². The number of hydrogen-bond donors (Lipinski definition) is 5. The molecule has 0 saturated carbocycles. The number of ether oxygens (including phenoxy) is 2. The Kier molecular flexibility index (Phi) is 10.1. The van der Waals surface area contributed by atoms with Gasteiger partial charge in [-0.3, -0.25) is 9.59 Å². The van der Waals surface area contributed by atoms with Gasteiger partial charge in [0.15, 0.2) is 0 Å². The minimum Gasteiger partial charge on any atom is -0.510 e. The molecule has 0 spiro atoms. The smallest absolute Gasteiger partial charge is 0.320 e. The lowest BCUT2D eigenvalue weighted by Gasteiger charge is -2.26. The van der Waals surface area contributed by atoms with E-state index in [1.807, 2.05) is 19.1 Å². The van der Waals surface area contributed by atoms with E-state index in [4.69, 9.17) is 9.47 Å². The van der Waals surface area contributed by atoms with E-state index in [2.05, 4.69) is 86.6 Å². The van der Waals surface area contributed by atoms with Crippen molar-refractivity contribution in [3.05, 3.63) is 90.1 Å². The molecule has 9 heteroatoms. The third-order valence-electron chi connectivity index (χ3n) is 11.3. The first-order valence-corrected chi connectivity index (χ1v) is 18.2. The van der Waals surface area contributed by atoms with Crippen molar-refractivity contribution in [3.8, 4) is 0 Å². The summed E-state index contributed by atoms with van der Waals surface area (Å²) in [5, 5.41) is 18.9. The summed E-state index contributed by atoms with van der Waals surface area (Å²) >= 11 is 0. The van der Waals surface area contributed by atoms with Gasteiger partial charge in [-0.05, 0) is 105 Å². The van der Waals surface area contributed by atoms with Crippen molar-refractivity contribution in [2.24, 2.45) is 17.8 Å². The molecule has 2 aliphatic heterocycles. The highest BCUT2D eigenvalue weighted by atomic mass is 16.5. The summed E-state index contributed by atoms with van der Waals surface area (Å²) in [7, 11) is 1.35. The fraction of sp³-hybridized carbons (Fsp3) is 0.429. The van der Waals surface area contributed by atoms with Crippen molar-refractivity contribution < 1.29 is 24.2 Å².